The molecule has 4 heteroatoms. The Bertz CT molecular complexity index is 3090. The van der Waals surface area contributed by atoms with Crippen LogP contribution in [0.15, 0.2) is 186 Å². The van der Waals surface area contributed by atoms with Crippen LogP contribution in [0.25, 0.3) is 80.7 Å². The van der Waals surface area contributed by atoms with E-state index in [2.05, 4.69) is 185 Å². The maximum Gasteiger partial charge on any atom is 0.145 e. The Kier molecular flexibility index (Phi) is 6.42. The summed E-state index contributed by atoms with van der Waals surface area (Å²) in [5, 5.41) is 7.16. The molecular formula is C48H30N2OS. The number of para-hydroxylation sites is 4. The molecule has 52 heavy (non-hydrogen) atoms. The topological polar surface area (TPSA) is 21.3 Å². The van der Waals surface area contributed by atoms with Crippen LogP contribution < -0.4 is 4.90 Å². The average Bonchev–Trinajstić information content (AvgIpc) is 3.88. The molecule has 8 aromatic carbocycles. The number of aromatic nitrogens is 1. The Labute approximate surface area is 303 Å². The van der Waals surface area contributed by atoms with Crippen LogP contribution in [-0.4, -0.2) is 4.57 Å². The molecule has 0 atom stereocenters. The largest absolute Gasteiger partial charge is 0.455 e. The zero-order valence-electron chi connectivity index (χ0n) is 28.0. The van der Waals surface area contributed by atoms with E-state index in [0.29, 0.717) is 0 Å². The summed E-state index contributed by atoms with van der Waals surface area (Å²) in [5.74, 6) is 0. The Balaban J connectivity index is 1.25. The SMILES string of the molecule is c1ccc(N(c2ccccc2)c2cc(-c3cccc4c3sc3ccccc34)ccc2-n2c3ccccc3c3c4oc5ccccc5c4ccc32)cc1. The first-order valence-electron chi connectivity index (χ1n) is 17.6. The molecule has 0 unspecified atom stereocenters. The van der Waals surface area contributed by atoms with Crippen molar-refractivity contribution in [3.63, 3.8) is 0 Å². The van der Waals surface area contributed by atoms with Crippen LogP contribution in [0.3, 0.4) is 0 Å². The Morgan fingerprint density at radius 1 is 0.481 bits per heavy atom. The van der Waals surface area contributed by atoms with Gasteiger partial charge in [0.1, 0.15) is 11.2 Å². The number of hydrogen-bond donors (Lipinski definition) is 0. The van der Waals surface area contributed by atoms with Gasteiger partial charge in [0, 0.05) is 47.7 Å². The first-order valence-corrected chi connectivity index (χ1v) is 18.4. The van der Waals surface area contributed by atoms with Gasteiger partial charge in [-0.25, -0.2) is 0 Å². The Morgan fingerprint density at radius 3 is 1.96 bits per heavy atom. The van der Waals surface area contributed by atoms with Gasteiger partial charge in [-0.3, -0.25) is 0 Å². The molecule has 0 bridgehead atoms. The number of nitrogens with zero attached hydrogens (tertiary/aromatic N) is 2. The summed E-state index contributed by atoms with van der Waals surface area (Å²) in [7, 11) is 0. The standard InChI is InChI=1S/C48H30N2OS/c1-3-14-32(15-4-1)49(33-16-5-2-6-17-33)43-30-31(34-21-13-22-38-36-19-9-12-25-45(36)52-48(34)38)26-28-41(43)50-40-23-10-7-20-39(40)46-42(50)29-27-37-35-18-8-11-24-44(35)51-47(37)46/h1-30H. The van der Waals surface area contributed by atoms with Crippen molar-refractivity contribution in [1.29, 1.82) is 0 Å². The molecule has 11 rings (SSSR count). The van der Waals surface area contributed by atoms with Crippen molar-refractivity contribution in [3.05, 3.63) is 182 Å². The quantitative estimate of drug-likeness (QED) is 0.180. The van der Waals surface area contributed by atoms with E-state index < -0.39 is 0 Å². The zero-order valence-corrected chi connectivity index (χ0v) is 28.8. The van der Waals surface area contributed by atoms with Gasteiger partial charge in [-0.1, -0.05) is 115 Å². The predicted molar refractivity (Wildman–Crippen MR) is 221 cm³/mol. The van der Waals surface area contributed by atoms with Crippen molar-refractivity contribution in [2.75, 3.05) is 4.90 Å². The van der Waals surface area contributed by atoms with Crippen LogP contribution in [-0.2, 0) is 0 Å². The van der Waals surface area contributed by atoms with E-state index >= 15 is 0 Å². The van der Waals surface area contributed by atoms with Crippen molar-refractivity contribution in [2.45, 2.75) is 0 Å². The van der Waals surface area contributed by atoms with Crippen molar-refractivity contribution >= 4 is 92.3 Å². The summed E-state index contributed by atoms with van der Waals surface area (Å²) in [6, 6.07) is 65.4. The van der Waals surface area contributed by atoms with E-state index in [1.165, 1.54) is 31.3 Å². The van der Waals surface area contributed by atoms with Crippen LogP contribution in [0.5, 0.6) is 0 Å². The van der Waals surface area contributed by atoms with E-state index in [0.717, 1.165) is 66.5 Å². The number of furan rings is 1. The van der Waals surface area contributed by atoms with E-state index in [1.54, 1.807) is 0 Å². The monoisotopic (exact) mass is 682 g/mol. The second-order valence-corrected chi connectivity index (χ2v) is 14.3. The number of fused-ring (bicyclic) bond motifs is 10. The minimum Gasteiger partial charge on any atom is -0.455 e. The number of hydrogen-bond acceptors (Lipinski definition) is 3. The molecule has 0 N–H and O–H groups in total. The molecule has 3 nitrogen and oxygen atoms in total. The molecule has 244 valence electrons. The number of anilines is 3. The molecule has 3 aromatic heterocycles. The summed E-state index contributed by atoms with van der Waals surface area (Å²) < 4.78 is 11.7. The molecule has 0 spiro atoms. The molecular weight excluding hydrogens is 653 g/mol. The number of thiophene rings is 1. The fourth-order valence-corrected chi connectivity index (χ4v) is 9.35. The molecule has 0 aliphatic heterocycles. The summed E-state index contributed by atoms with van der Waals surface area (Å²) in [4.78, 5) is 2.39. The lowest BCUT2D eigenvalue weighted by Crippen LogP contribution is -2.13. The maximum atomic E-state index is 6.66. The van der Waals surface area contributed by atoms with E-state index in [1.807, 2.05) is 17.4 Å². The summed E-state index contributed by atoms with van der Waals surface area (Å²) in [6.45, 7) is 0. The molecule has 0 saturated carbocycles. The summed E-state index contributed by atoms with van der Waals surface area (Å²) >= 11 is 1.87. The third kappa shape index (κ3) is 4.31. The van der Waals surface area contributed by atoms with E-state index in [9.17, 15) is 0 Å². The van der Waals surface area contributed by atoms with Crippen molar-refractivity contribution in [1.82, 2.24) is 4.57 Å². The van der Waals surface area contributed by atoms with Gasteiger partial charge >= 0.3 is 0 Å². The van der Waals surface area contributed by atoms with Gasteiger partial charge in [0.25, 0.3) is 0 Å². The fraction of sp³-hybridized carbons (Fsp3) is 0. The molecule has 0 saturated heterocycles. The number of rotatable bonds is 5. The van der Waals surface area contributed by atoms with Gasteiger partial charge in [0.05, 0.1) is 27.8 Å². The highest BCUT2D eigenvalue weighted by atomic mass is 32.1. The minimum atomic E-state index is 0.904. The summed E-state index contributed by atoms with van der Waals surface area (Å²) in [6.07, 6.45) is 0. The van der Waals surface area contributed by atoms with E-state index in [4.69, 9.17) is 4.42 Å². The Hall–Kier alpha value is -6.62. The van der Waals surface area contributed by atoms with Gasteiger partial charge in [0.2, 0.25) is 0 Å². The third-order valence-electron chi connectivity index (χ3n) is 10.4. The number of benzene rings is 8. The molecule has 0 radical (unpaired) electrons. The van der Waals surface area contributed by atoms with Gasteiger partial charge in [-0.15, -0.1) is 11.3 Å². The van der Waals surface area contributed by atoms with Crippen molar-refractivity contribution < 1.29 is 4.42 Å². The van der Waals surface area contributed by atoms with Gasteiger partial charge in [-0.2, -0.15) is 0 Å². The molecule has 3 heterocycles. The maximum absolute atomic E-state index is 6.66. The molecule has 0 aliphatic rings. The lowest BCUT2D eigenvalue weighted by Gasteiger charge is -2.29. The fourth-order valence-electron chi connectivity index (χ4n) is 8.11. The van der Waals surface area contributed by atoms with Crippen LogP contribution in [0.4, 0.5) is 17.1 Å². The van der Waals surface area contributed by atoms with Gasteiger partial charge in [-0.05, 0) is 77.9 Å². The highest BCUT2D eigenvalue weighted by Crippen LogP contribution is 2.47. The highest BCUT2D eigenvalue weighted by molar-refractivity contribution is 7.26. The van der Waals surface area contributed by atoms with Gasteiger partial charge in [0.15, 0.2) is 0 Å². The first kappa shape index (κ1) is 29.1. The minimum absolute atomic E-state index is 0.904. The second-order valence-electron chi connectivity index (χ2n) is 13.3. The first-order chi connectivity index (χ1) is 25.8. The average molecular weight is 683 g/mol. The second kappa shape index (κ2) is 11.5. The zero-order chi connectivity index (χ0) is 34.2. The lowest BCUT2D eigenvalue weighted by atomic mass is 10.0. The van der Waals surface area contributed by atoms with Gasteiger partial charge < -0.3 is 13.9 Å². The smallest absolute Gasteiger partial charge is 0.145 e. The lowest BCUT2D eigenvalue weighted by molar-refractivity contribution is 0.673. The normalized spacial score (nSPS) is 11.8. The Morgan fingerprint density at radius 2 is 1.15 bits per heavy atom. The van der Waals surface area contributed by atoms with Crippen molar-refractivity contribution in [2.24, 2.45) is 0 Å². The third-order valence-corrected chi connectivity index (χ3v) is 11.6. The molecule has 0 aliphatic carbocycles. The van der Waals surface area contributed by atoms with Crippen LogP contribution in [0, 0.1) is 0 Å². The van der Waals surface area contributed by atoms with Crippen LogP contribution in [0.2, 0.25) is 0 Å². The van der Waals surface area contributed by atoms with Crippen LogP contribution >= 0.6 is 11.3 Å². The summed E-state index contributed by atoms with van der Waals surface area (Å²) in [5.41, 5.74) is 10.8. The van der Waals surface area contributed by atoms with E-state index in [-0.39, 0.29) is 0 Å². The predicted octanol–water partition coefficient (Wildman–Crippen LogP) is 14.2. The molecule has 11 aromatic rings. The molecule has 0 fully saturated rings. The van der Waals surface area contributed by atoms with Crippen molar-refractivity contribution in [3.8, 4) is 16.8 Å². The molecule has 0 amide bonds. The van der Waals surface area contributed by atoms with Crippen LogP contribution in [0.1, 0.15) is 0 Å². The highest BCUT2D eigenvalue weighted by Gasteiger charge is 2.24.